The maximum Gasteiger partial charge on any atom is 0.163 e. The zero-order valence-corrected chi connectivity index (χ0v) is 13.9. The van der Waals surface area contributed by atoms with Crippen LogP contribution in [-0.4, -0.2) is 23.7 Å². The molecule has 1 N–H and O–H groups in total. The Balaban J connectivity index is 1.44. The van der Waals surface area contributed by atoms with Crippen LogP contribution in [0.15, 0.2) is 40.8 Å². The largest absolute Gasteiger partial charge is 0.457 e. The molecule has 1 saturated heterocycles. The van der Waals surface area contributed by atoms with E-state index in [0.29, 0.717) is 18.7 Å². The second-order valence-electron chi connectivity index (χ2n) is 5.97. The van der Waals surface area contributed by atoms with Crippen molar-refractivity contribution in [3.05, 3.63) is 42.2 Å². The number of nitrogens with one attached hydrogen (secondary N) is 1. The minimum atomic E-state index is 0.327. The summed E-state index contributed by atoms with van der Waals surface area (Å²) in [5, 5.41) is 4.43. The molecule has 0 aliphatic carbocycles. The topological polar surface area (TPSA) is 47.3 Å². The van der Waals surface area contributed by atoms with Crippen LogP contribution in [0.5, 0.6) is 0 Å². The molecule has 0 radical (unpaired) electrons. The summed E-state index contributed by atoms with van der Waals surface area (Å²) in [6, 6.07) is 12.5. The fraction of sp³-hybridized carbons (Fsp3) is 0.389. The number of hydrogen-bond acceptors (Lipinski definition) is 5. The normalized spacial score (nSPS) is 19.4. The highest BCUT2D eigenvalue weighted by Crippen LogP contribution is 2.31. The number of ether oxygens (including phenoxy) is 1. The van der Waals surface area contributed by atoms with E-state index < -0.39 is 0 Å². The zero-order valence-electron chi connectivity index (χ0n) is 13.1. The molecule has 1 aliphatic heterocycles. The van der Waals surface area contributed by atoms with Crippen molar-refractivity contribution in [2.75, 3.05) is 6.61 Å². The van der Waals surface area contributed by atoms with Gasteiger partial charge in [0, 0.05) is 12.6 Å². The highest BCUT2D eigenvalue weighted by molar-refractivity contribution is 7.21. The average molecular weight is 328 g/mol. The lowest BCUT2D eigenvalue weighted by atomic mass is 10.1. The first-order chi connectivity index (χ1) is 11.3. The van der Waals surface area contributed by atoms with Crippen molar-refractivity contribution >= 4 is 21.6 Å². The van der Waals surface area contributed by atoms with E-state index >= 15 is 0 Å². The molecule has 120 valence electrons. The third-order valence-electron chi connectivity index (χ3n) is 4.29. The van der Waals surface area contributed by atoms with E-state index in [0.717, 1.165) is 35.1 Å². The number of fused-ring (bicyclic) bond motifs is 1. The van der Waals surface area contributed by atoms with Crippen molar-refractivity contribution in [3.63, 3.8) is 0 Å². The van der Waals surface area contributed by atoms with Gasteiger partial charge in [-0.25, -0.2) is 4.98 Å². The van der Waals surface area contributed by atoms with E-state index in [1.54, 1.807) is 11.3 Å². The molecule has 0 amide bonds. The molecule has 2 aromatic heterocycles. The van der Waals surface area contributed by atoms with E-state index in [2.05, 4.69) is 23.3 Å². The Labute approximate surface area is 139 Å². The molecule has 3 heterocycles. The number of aromatic nitrogens is 1. The number of hydrogen-bond donors (Lipinski definition) is 1. The molecule has 0 spiro atoms. The van der Waals surface area contributed by atoms with Crippen molar-refractivity contribution in [2.24, 2.45) is 0 Å². The smallest absolute Gasteiger partial charge is 0.163 e. The first kappa shape index (κ1) is 14.9. The molecule has 3 aromatic rings. The number of benzene rings is 1. The van der Waals surface area contributed by atoms with E-state index in [1.165, 1.54) is 11.1 Å². The fourth-order valence-corrected chi connectivity index (χ4v) is 3.88. The maximum absolute atomic E-state index is 5.96. The molecule has 1 aliphatic rings. The van der Waals surface area contributed by atoms with Gasteiger partial charge in [0.1, 0.15) is 5.76 Å². The monoisotopic (exact) mass is 328 g/mol. The minimum absolute atomic E-state index is 0.327. The summed E-state index contributed by atoms with van der Waals surface area (Å²) in [6.45, 7) is 3.78. The average Bonchev–Trinajstić information content (AvgIpc) is 3.31. The van der Waals surface area contributed by atoms with Crippen molar-refractivity contribution < 1.29 is 9.15 Å². The molecule has 4 rings (SSSR count). The van der Waals surface area contributed by atoms with Gasteiger partial charge in [-0.1, -0.05) is 12.1 Å². The lowest BCUT2D eigenvalue weighted by Gasteiger charge is -2.19. The predicted molar refractivity (Wildman–Crippen MR) is 92.6 cm³/mol. The number of furan rings is 1. The zero-order chi connectivity index (χ0) is 15.6. The Hall–Kier alpha value is -1.69. The Kier molecular flexibility index (Phi) is 4.16. The molecular weight excluding hydrogens is 308 g/mol. The van der Waals surface area contributed by atoms with Gasteiger partial charge in [0.05, 0.1) is 22.9 Å². The van der Waals surface area contributed by atoms with Gasteiger partial charge in [-0.15, -0.1) is 11.3 Å². The van der Waals surface area contributed by atoms with Gasteiger partial charge in [-0.05, 0) is 44.0 Å². The Morgan fingerprint density at radius 1 is 1.30 bits per heavy atom. The highest BCUT2D eigenvalue weighted by Gasteiger charge is 2.22. The van der Waals surface area contributed by atoms with Gasteiger partial charge in [0.25, 0.3) is 0 Å². The third-order valence-corrected chi connectivity index (χ3v) is 5.34. The van der Waals surface area contributed by atoms with Crippen molar-refractivity contribution in [1.82, 2.24) is 10.3 Å². The second-order valence-corrected chi connectivity index (χ2v) is 7.00. The highest BCUT2D eigenvalue weighted by atomic mass is 32.1. The lowest BCUT2D eigenvalue weighted by Crippen LogP contribution is -2.36. The quantitative estimate of drug-likeness (QED) is 0.762. The van der Waals surface area contributed by atoms with Gasteiger partial charge < -0.3 is 14.5 Å². The maximum atomic E-state index is 5.96. The molecule has 2 atom stereocenters. The van der Waals surface area contributed by atoms with Crippen molar-refractivity contribution in [3.8, 4) is 10.8 Å². The van der Waals surface area contributed by atoms with Gasteiger partial charge >= 0.3 is 0 Å². The number of para-hydroxylation sites is 1. The summed E-state index contributed by atoms with van der Waals surface area (Å²) in [5.41, 5.74) is 1.02. The standard InChI is InChI=1S/C18H20N2O2S/c1-12(15-6-4-10-21-15)19-11-13-8-9-16(22-13)18-20-14-5-2-3-7-17(14)23-18/h2-3,5,7-9,12,15,19H,4,6,10-11H2,1H3. The van der Waals surface area contributed by atoms with E-state index in [9.17, 15) is 0 Å². The molecular formula is C18H20N2O2S. The van der Waals surface area contributed by atoms with Gasteiger partial charge in [-0.2, -0.15) is 0 Å². The molecule has 4 nitrogen and oxygen atoms in total. The summed E-state index contributed by atoms with van der Waals surface area (Å²) >= 11 is 1.66. The predicted octanol–water partition coefficient (Wildman–Crippen LogP) is 4.21. The van der Waals surface area contributed by atoms with E-state index in [4.69, 9.17) is 9.15 Å². The molecule has 5 heteroatoms. The lowest BCUT2D eigenvalue weighted by molar-refractivity contribution is 0.0826. The van der Waals surface area contributed by atoms with Crippen LogP contribution in [0, 0.1) is 0 Å². The van der Waals surface area contributed by atoms with Crippen LogP contribution in [0.1, 0.15) is 25.5 Å². The van der Waals surface area contributed by atoms with Gasteiger partial charge in [-0.3, -0.25) is 0 Å². The van der Waals surface area contributed by atoms with Crippen molar-refractivity contribution in [1.29, 1.82) is 0 Å². The minimum Gasteiger partial charge on any atom is -0.457 e. The molecule has 1 fully saturated rings. The van der Waals surface area contributed by atoms with Crippen LogP contribution < -0.4 is 5.32 Å². The van der Waals surface area contributed by atoms with Crippen LogP contribution in [0.4, 0.5) is 0 Å². The fourth-order valence-electron chi connectivity index (χ4n) is 2.96. The van der Waals surface area contributed by atoms with Crippen molar-refractivity contribution in [2.45, 2.75) is 38.5 Å². The third kappa shape index (κ3) is 3.17. The van der Waals surface area contributed by atoms with Crippen LogP contribution in [-0.2, 0) is 11.3 Å². The first-order valence-electron chi connectivity index (χ1n) is 8.09. The SMILES string of the molecule is CC(NCc1ccc(-c2nc3ccccc3s2)o1)C1CCCO1. The van der Waals surface area contributed by atoms with Crippen LogP contribution >= 0.6 is 11.3 Å². The first-order valence-corrected chi connectivity index (χ1v) is 8.91. The van der Waals surface area contributed by atoms with Crippen LogP contribution in [0.2, 0.25) is 0 Å². The van der Waals surface area contributed by atoms with E-state index in [-0.39, 0.29) is 0 Å². The Morgan fingerprint density at radius 3 is 3.04 bits per heavy atom. The number of nitrogens with zero attached hydrogens (tertiary/aromatic N) is 1. The summed E-state index contributed by atoms with van der Waals surface area (Å²) < 4.78 is 12.9. The number of thiazole rings is 1. The Morgan fingerprint density at radius 2 is 2.22 bits per heavy atom. The molecule has 0 saturated carbocycles. The molecule has 23 heavy (non-hydrogen) atoms. The van der Waals surface area contributed by atoms with Crippen LogP contribution in [0.3, 0.4) is 0 Å². The summed E-state index contributed by atoms with van der Waals surface area (Å²) in [5.74, 6) is 1.77. The van der Waals surface area contributed by atoms with Crippen LogP contribution in [0.25, 0.3) is 21.0 Å². The summed E-state index contributed by atoms with van der Waals surface area (Å²) in [6.07, 6.45) is 2.64. The van der Waals surface area contributed by atoms with Gasteiger partial charge in [0.2, 0.25) is 0 Å². The molecule has 1 aromatic carbocycles. The Bertz CT molecular complexity index is 756. The second kappa shape index (κ2) is 6.43. The molecule has 2 unspecified atom stereocenters. The summed E-state index contributed by atoms with van der Waals surface area (Å²) in [4.78, 5) is 4.64. The number of rotatable bonds is 5. The van der Waals surface area contributed by atoms with E-state index in [1.807, 2.05) is 30.3 Å². The summed E-state index contributed by atoms with van der Waals surface area (Å²) in [7, 11) is 0. The molecule has 0 bridgehead atoms. The van der Waals surface area contributed by atoms with Gasteiger partial charge in [0.15, 0.2) is 10.8 Å².